The monoisotopic (exact) mass is 476 g/mol. The fourth-order valence-electron chi connectivity index (χ4n) is 4.27. The first-order valence-corrected chi connectivity index (χ1v) is 14.1. The van der Waals surface area contributed by atoms with Crippen molar-refractivity contribution in [1.82, 2.24) is 19.7 Å². The van der Waals surface area contributed by atoms with Gasteiger partial charge in [-0.1, -0.05) is 56.8 Å². The van der Waals surface area contributed by atoms with Crippen LogP contribution in [0.3, 0.4) is 0 Å². The Morgan fingerprint density at radius 2 is 1.81 bits per heavy atom. The Balaban J connectivity index is 1.47. The maximum Gasteiger partial charge on any atom is 0.233 e. The van der Waals surface area contributed by atoms with Gasteiger partial charge in [-0.3, -0.25) is 4.79 Å². The summed E-state index contributed by atoms with van der Waals surface area (Å²) in [5.74, 6) is 1.32. The Morgan fingerprint density at radius 3 is 2.34 bits per heavy atom. The summed E-state index contributed by atoms with van der Waals surface area (Å²) in [6.07, 6.45) is 2.48. The Kier molecular flexibility index (Phi) is 6.42. The largest absolute Gasteiger partial charge is 0.335 e. The predicted octanol–water partition coefficient (Wildman–Crippen LogP) is 3.53. The highest BCUT2D eigenvalue weighted by Crippen LogP contribution is 2.34. The van der Waals surface area contributed by atoms with Crippen molar-refractivity contribution in [3.63, 3.8) is 0 Å². The van der Waals surface area contributed by atoms with E-state index in [1.807, 2.05) is 16.4 Å². The summed E-state index contributed by atoms with van der Waals surface area (Å²) in [6.45, 7) is 9.31. The highest BCUT2D eigenvalue weighted by atomic mass is 32.2. The molecule has 1 unspecified atom stereocenters. The molecule has 1 saturated heterocycles. The fourth-order valence-corrected chi connectivity index (χ4v) is 6.85. The van der Waals surface area contributed by atoms with Crippen molar-refractivity contribution in [3.05, 3.63) is 29.8 Å². The molecule has 1 aliphatic heterocycles. The van der Waals surface area contributed by atoms with E-state index in [-0.39, 0.29) is 40.7 Å². The number of sulfone groups is 1. The van der Waals surface area contributed by atoms with E-state index in [9.17, 15) is 13.2 Å². The quantitative estimate of drug-likeness (QED) is 0.569. The smallest absolute Gasteiger partial charge is 0.233 e. The molecule has 0 spiro atoms. The van der Waals surface area contributed by atoms with Gasteiger partial charge in [0.15, 0.2) is 20.8 Å². The van der Waals surface area contributed by atoms with E-state index in [1.54, 1.807) is 0 Å². The molecule has 9 heteroatoms. The normalized spacial score (nSPS) is 20.4. The minimum Gasteiger partial charge on any atom is -0.335 e. The number of thioether (sulfide) groups is 1. The van der Waals surface area contributed by atoms with Crippen LogP contribution < -0.4 is 0 Å². The fraction of sp³-hybridized carbons (Fsp3) is 0.609. The van der Waals surface area contributed by atoms with E-state index in [0.29, 0.717) is 18.1 Å². The molecule has 174 valence electrons. The molecule has 0 radical (unpaired) electrons. The average molecular weight is 477 g/mol. The minimum atomic E-state index is -3.02. The van der Waals surface area contributed by atoms with Crippen LogP contribution in [0.15, 0.2) is 29.4 Å². The topological polar surface area (TPSA) is 85.2 Å². The number of carbonyl (C=O) groups is 1. The lowest BCUT2D eigenvalue weighted by Gasteiger charge is -2.28. The maximum atomic E-state index is 13.1. The number of aromatic nitrogens is 3. The van der Waals surface area contributed by atoms with Gasteiger partial charge in [0.25, 0.3) is 0 Å². The summed E-state index contributed by atoms with van der Waals surface area (Å²) in [4.78, 5) is 14.9. The number of rotatable bonds is 7. The second-order valence-corrected chi connectivity index (χ2v) is 12.9. The van der Waals surface area contributed by atoms with Gasteiger partial charge in [0, 0.05) is 24.2 Å². The molecule has 4 rings (SSSR count). The SMILES string of the molecule is CCn1c(SCC(=O)N(C2CC2)C2CCS(=O)(=O)C2)nnc1-c1ccc(C(C)(C)C)cc1. The van der Waals surface area contributed by atoms with E-state index in [4.69, 9.17) is 0 Å². The summed E-state index contributed by atoms with van der Waals surface area (Å²) in [5.41, 5.74) is 2.35. The molecule has 0 N–H and O–H groups in total. The number of carbonyl (C=O) groups excluding carboxylic acids is 1. The van der Waals surface area contributed by atoms with E-state index < -0.39 is 9.84 Å². The summed E-state index contributed by atoms with van der Waals surface area (Å²) in [7, 11) is -3.02. The molecule has 1 atom stereocenters. The van der Waals surface area contributed by atoms with Crippen LogP contribution >= 0.6 is 11.8 Å². The van der Waals surface area contributed by atoms with E-state index >= 15 is 0 Å². The average Bonchev–Trinajstić information content (AvgIpc) is 3.37. The Bertz CT molecular complexity index is 1080. The summed E-state index contributed by atoms with van der Waals surface area (Å²) in [5, 5.41) is 9.47. The van der Waals surface area contributed by atoms with Crippen LogP contribution in [0.4, 0.5) is 0 Å². The van der Waals surface area contributed by atoms with Crippen LogP contribution in [-0.2, 0) is 26.6 Å². The molecule has 2 heterocycles. The van der Waals surface area contributed by atoms with Crippen molar-refractivity contribution in [2.45, 2.75) is 76.2 Å². The van der Waals surface area contributed by atoms with Crippen molar-refractivity contribution < 1.29 is 13.2 Å². The third kappa shape index (κ3) is 5.03. The van der Waals surface area contributed by atoms with E-state index in [1.165, 1.54) is 17.3 Å². The van der Waals surface area contributed by atoms with Gasteiger partial charge in [-0.25, -0.2) is 8.42 Å². The number of amides is 1. The third-order valence-corrected chi connectivity index (χ3v) is 8.90. The lowest BCUT2D eigenvalue weighted by atomic mass is 9.87. The van der Waals surface area contributed by atoms with Crippen LogP contribution in [0.2, 0.25) is 0 Å². The first kappa shape index (κ1) is 23.3. The molecule has 2 aromatic rings. The van der Waals surface area contributed by atoms with E-state index in [0.717, 1.165) is 24.2 Å². The zero-order valence-electron chi connectivity index (χ0n) is 19.2. The summed E-state index contributed by atoms with van der Waals surface area (Å²) in [6, 6.07) is 8.42. The Labute approximate surface area is 194 Å². The molecule has 32 heavy (non-hydrogen) atoms. The van der Waals surface area contributed by atoms with Gasteiger partial charge in [0.05, 0.1) is 17.3 Å². The van der Waals surface area contributed by atoms with Crippen molar-refractivity contribution >= 4 is 27.5 Å². The molecule has 1 aromatic heterocycles. The van der Waals surface area contributed by atoms with Gasteiger partial charge < -0.3 is 9.47 Å². The van der Waals surface area contributed by atoms with E-state index in [2.05, 4.69) is 55.2 Å². The maximum absolute atomic E-state index is 13.1. The van der Waals surface area contributed by atoms with Gasteiger partial charge in [0.2, 0.25) is 5.91 Å². The number of benzene rings is 1. The molecule has 7 nitrogen and oxygen atoms in total. The molecule has 2 aliphatic rings. The summed E-state index contributed by atoms with van der Waals surface area (Å²) < 4.78 is 25.9. The summed E-state index contributed by atoms with van der Waals surface area (Å²) >= 11 is 1.38. The first-order chi connectivity index (χ1) is 15.1. The molecular weight excluding hydrogens is 444 g/mol. The van der Waals surface area contributed by atoms with Crippen LogP contribution in [0, 0.1) is 0 Å². The Hall–Kier alpha value is -1.87. The van der Waals surface area contributed by atoms with Gasteiger partial charge in [-0.05, 0) is 37.2 Å². The van der Waals surface area contributed by atoms with Crippen molar-refractivity contribution in [1.29, 1.82) is 0 Å². The van der Waals surface area contributed by atoms with Gasteiger partial charge in [-0.15, -0.1) is 10.2 Å². The zero-order valence-corrected chi connectivity index (χ0v) is 20.9. The molecule has 1 saturated carbocycles. The van der Waals surface area contributed by atoms with Crippen LogP contribution in [0.1, 0.15) is 52.5 Å². The third-order valence-electron chi connectivity index (χ3n) is 6.20. The zero-order chi connectivity index (χ0) is 23.1. The van der Waals surface area contributed by atoms with Crippen molar-refractivity contribution in [3.8, 4) is 11.4 Å². The molecule has 2 fully saturated rings. The Morgan fingerprint density at radius 1 is 1.12 bits per heavy atom. The first-order valence-electron chi connectivity index (χ1n) is 11.3. The highest BCUT2D eigenvalue weighted by Gasteiger charge is 2.42. The molecular formula is C23H32N4O3S2. The number of hydrogen-bond donors (Lipinski definition) is 0. The second-order valence-electron chi connectivity index (χ2n) is 9.76. The second kappa shape index (κ2) is 8.82. The molecule has 0 bridgehead atoms. The standard InChI is InChI=1S/C23H32N4O3S2/c1-5-26-21(16-6-8-17(9-7-16)23(2,3)4)24-25-22(26)31-14-20(28)27(18-10-11-18)19-12-13-32(29,30)15-19/h6-9,18-19H,5,10-15H2,1-4H3. The van der Waals surface area contributed by atoms with Crippen molar-refractivity contribution in [2.24, 2.45) is 0 Å². The van der Waals surface area contributed by atoms with Crippen molar-refractivity contribution in [2.75, 3.05) is 17.3 Å². The predicted molar refractivity (Wildman–Crippen MR) is 127 cm³/mol. The molecule has 1 amide bonds. The highest BCUT2D eigenvalue weighted by molar-refractivity contribution is 7.99. The lowest BCUT2D eigenvalue weighted by molar-refractivity contribution is -0.130. The number of nitrogens with zero attached hydrogens (tertiary/aromatic N) is 4. The van der Waals surface area contributed by atoms with Gasteiger partial charge in [-0.2, -0.15) is 0 Å². The lowest BCUT2D eigenvalue weighted by Crippen LogP contribution is -2.43. The number of hydrogen-bond acceptors (Lipinski definition) is 6. The van der Waals surface area contributed by atoms with Gasteiger partial charge >= 0.3 is 0 Å². The molecule has 1 aromatic carbocycles. The van der Waals surface area contributed by atoms with Crippen LogP contribution in [0.5, 0.6) is 0 Å². The van der Waals surface area contributed by atoms with Crippen LogP contribution in [0.25, 0.3) is 11.4 Å². The molecule has 1 aliphatic carbocycles. The minimum absolute atomic E-state index is 0.00123. The van der Waals surface area contributed by atoms with Crippen LogP contribution in [-0.4, -0.2) is 63.3 Å². The van der Waals surface area contributed by atoms with Gasteiger partial charge in [0.1, 0.15) is 0 Å².